The lowest BCUT2D eigenvalue weighted by molar-refractivity contribution is 0.0219. The van der Waals surface area contributed by atoms with E-state index in [1.54, 1.807) is 6.07 Å². The van der Waals surface area contributed by atoms with Crippen LogP contribution in [0.25, 0.3) is 11.3 Å². The number of rotatable bonds is 9. The first kappa shape index (κ1) is 23.2. The molecule has 0 saturated heterocycles. The molecule has 0 aliphatic rings. The van der Waals surface area contributed by atoms with Crippen molar-refractivity contribution in [2.24, 2.45) is 0 Å². The molecule has 12 heteroatoms. The Morgan fingerprint density at radius 3 is 2.72 bits per heavy atom. The van der Waals surface area contributed by atoms with Crippen molar-refractivity contribution in [2.45, 2.75) is 12.0 Å². The predicted molar refractivity (Wildman–Crippen MR) is 112 cm³/mol. The molecule has 2 aromatic heterocycles. The van der Waals surface area contributed by atoms with Crippen molar-refractivity contribution in [3.05, 3.63) is 66.0 Å². The molecule has 0 saturated carbocycles. The van der Waals surface area contributed by atoms with Gasteiger partial charge in [0.2, 0.25) is 5.88 Å². The Hall–Kier alpha value is -3.50. The third-order valence-corrected chi connectivity index (χ3v) is 4.00. The van der Waals surface area contributed by atoms with Gasteiger partial charge in [-0.2, -0.15) is 0 Å². The van der Waals surface area contributed by atoms with Gasteiger partial charge in [0.1, 0.15) is 46.2 Å². The highest BCUT2D eigenvalue weighted by Gasteiger charge is 2.14. The van der Waals surface area contributed by atoms with E-state index in [1.807, 2.05) is 0 Å². The van der Waals surface area contributed by atoms with Crippen LogP contribution in [0.4, 0.5) is 4.39 Å². The number of aromatic nitrogens is 3. The van der Waals surface area contributed by atoms with E-state index in [4.69, 9.17) is 30.0 Å². The minimum Gasteiger partial charge on any atom is -0.497 e. The van der Waals surface area contributed by atoms with Gasteiger partial charge in [0, 0.05) is 28.8 Å². The van der Waals surface area contributed by atoms with Crippen molar-refractivity contribution in [1.29, 1.82) is 0 Å². The number of hydrogen-bond donors (Lipinski definition) is 2. The molecule has 3 aromatic rings. The number of carbonyl (C=O) groups is 1. The lowest BCUT2D eigenvalue weighted by Gasteiger charge is -2.18. The number of nitrogens with one attached hydrogen (secondary N) is 1. The van der Waals surface area contributed by atoms with Crippen molar-refractivity contribution in [2.75, 3.05) is 13.7 Å². The summed E-state index contributed by atoms with van der Waals surface area (Å²) < 4.78 is 24.0. The van der Waals surface area contributed by atoms with Gasteiger partial charge in [-0.1, -0.05) is 0 Å². The van der Waals surface area contributed by atoms with Crippen LogP contribution >= 0.6 is 0 Å². The van der Waals surface area contributed by atoms with Gasteiger partial charge in [-0.3, -0.25) is 14.6 Å². The van der Waals surface area contributed by atoms with Crippen LogP contribution < -0.4 is 15.0 Å². The van der Waals surface area contributed by atoms with Crippen LogP contribution in [0.3, 0.4) is 0 Å². The van der Waals surface area contributed by atoms with Crippen LogP contribution in [0.5, 0.6) is 11.6 Å². The molecule has 0 bridgehead atoms. The van der Waals surface area contributed by atoms with Crippen LogP contribution in [0.1, 0.15) is 16.1 Å². The number of hydroxylamine groups is 1. The number of pyridine rings is 1. The monoisotopic (exact) mass is 434 g/mol. The highest BCUT2D eigenvalue weighted by Crippen LogP contribution is 2.19. The molecule has 0 unspecified atom stereocenters. The number of hydrogen-bond acceptors (Lipinski definition) is 8. The van der Waals surface area contributed by atoms with Crippen LogP contribution in [0, 0.1) is 5.82 Å². The highest BCUT2D eigenvalue weighted by atomic mass is 19.1. The largest absolute Gasteiger partial charge is 0.497 e. The van der Waals surface area contributed by atoms with Crippen molar-refractivity contribution in [1.82, 2.24) is 20.4 Å². The first-order valence-electron chi connectivity index (χ1n) is 9.21. The number of halogens is 1. The molecule has 1 amide bonds. The molecule has 32 heavy (non-hydrogen) atoms. The van der Waals surface area contributed by atoms with E-state index < -0.39 is 17.1 Å². The van der Waals surface area contributed by atoms with Gasteiger partial charge in [0.15, 0.2) is 0 Å². The Labute approximate surface area is 185 Å². The molecule has 160 valence electrons. The van der Waals surface area contributed by atoms with Gasteiger partial charge in [0.25, 0.3) is 5.91 Å². The number of benzene rings is 1. The van der Waals surface area contributed by atoms with Crippen LogP contribution in [-0.2, 0) is 11.4 Å². The van der Waals surface area contributed by atoms with Crippen molar-refractivity contribution in [3.8, 4) is 22.9 Å². The number of methoxy groups -OCH3 is 1. The van der Waals surface area contributed by atoms with E-state index in [9.17, 15) is 14.3 Å². The van der Waals surface area contributed by atoms with Crippen molar-refractivity contribution in [3.63, 3.8) is 0 Å². The minimum absolute atomic E-state index is 0.0229. The molecule has 2 N–H and O–H groups in total. The number of aliphatic hydroxyl groups is 1. The molecular weight excluding hydrogens is 417 g/mol. The summed E-state index contributed by atoms with van der Waals surface area (Å²) in [5, 5.41) is 7.29. The Bertz CT molecular complexity index is 1080. The summed E-state index contributed by atoms with van der Waals surface area (Å²) in [4.78, 5) is 29.7. The quantitative estimate of drug-likeness (QED) is 0.378. The third kappa shape index (κ3) is 6.50. The van der Waals surface area contributed by atoms with Gasteiger partial charge < -0.3 is 14.6 Å². The molecule has 2 heterocycles. The second-order valence-corrected chi connectivity index (χ2v) is 6.63. The van der Waals surface area contributed by atoms with Gasteiger partial charge >= 0.3 is 0 Å². The van der Waals surface area contributed by atoms with E-state index >= 15 is 0 Å². The second kappa shape index (κ2) is 10.2. The summed E-state index contributed by atoms with van der Waals surface area (Å²) in [7, 11) is 11.9. The Morgan fingerprint density at radius 2 is 2.03 bits per heavy atom. The zero-order valence-electron chi connectivity index (χ0n) is 17.0. The molecule has 0 aliphatic heterocycles. The smallest absolute Gasteiger partial charge is 0.295 e. The number of nitrogens with zero attached hydrogens (tertiary/aromatic N) is 3. The first-order chi connectivity index (χ1) is 15.2. The molecule has 3 rings (SSSR count). The van der Waals surface area contributed by atoms with E-state index in [-0.39, 0.29) is 30.4 Å². The second-order valence-electron chi connectivity index (χ2n) is 6.63. The molecule has 0 atom stereocenters. The molecule has 9 nitrogen and oxygen atoms in total. The number of amides is 1. The van der Waals surface area contributed by atoms with E-state index in [0.29, 0.717) is 17.0 Å². The summed E-state index contributed by atoms with van der Waals surface area (Å²) in [5.41, 5.74) is 3.30. The molecule has 0 fully saturated rings. The standard InChI is InChI=1S/C20H17B2FN4O5/c1-30-14-3-4-15(23)13(6-14)10-32-27-19(28)17-9-24-8-16(26-17)12-2-5-18(25-7-12)31-11-20(21,22)29/h2-9,29H,10-11H2,1H3,(H,27,28). The topological polar surface area (TPSA) is 116 Å². The molecule has 0 aliphatic carbocycles. The van der Waals surface area contributed by atoms with E-state index in [0.717, 1.165) is 0 Å². The SMILES string of the molecule is [B]C([B])(O)COc1ccc(-c2cncc(C(=O)NOCc3cc(OC)ccc3F)n2)cn1. The summed E-state index contributed by atoms with van der Waals surface area (Å²) in [6, 6.07) is 7.32. The summed E-state index contributed by atoms with van der Waals surface area (Å²) in [6.45, 7) is -0.567. The normalized spacial score (nSPS) is 11.1. The molecule has 1 aromatic carbocycles. The maximum atomic E-state index is 13.8. The zero-order chi connectivity index (χ0) is 23.1. The predicted octanol–water partition coefficient (Wildman–Crippen LogP) is 0.910. The summed E-state index contributed by atoms with van der Waals surface area (Å²) in [5.74, 6) is -0.519. The summed E-state index contributed by atoms with van der Waals surface area (Å²) in [6.07, 6.45) is 4.14. The highest BCUT2D eigenvalue weighted by molar-refractivity contribution is 6.38. The maximum Gasteiger partial charge on any atom is 0.295 e. The van der Waals surface area contributed by atoms with Gasteiger partial charge in [-0.05, 0) is 24.3 Å². The van der Waals surface area contributed by atoms with Gasteiger partial charge in [-0.15, -0.1) is 0 Å². The lowest BCUT2D eigenvalue weighted by Crippen LogP contribution is -2.36. The number of ether oxygens (including phenoxy) is 2. The summed E-state index contributed by atoms with van der Waals surface area (Å²) >= 11 is 0. The average molecular weight is 434 g/mol. The van der Waals surface area contributed by atoms with E-state index in [2.05, 4.69) is 20.4 Å². The van der Waals surface area contributed by atoms with Crippen molar-refractivity contribution < 1.29 is 28.6 Å². The molecular formula is C20H17B2FN4O5. The third-order valence-electron chi connectivity index (χ3n) is 4.00. The Morgan fingerprint density at radius 1 is 1.22 bits per heavy atom. The molecule has 0 spiro atoms. The lowest BCUT2D eigenvalue weighted by atomic mass is 9.66. The van der Waals surface area contributed by atoms with E-state index in [1.165, 1.54) is 50.0 Å². The van der Waals surface area contributed by atoms with Gasteiger partial charge in [0.05, 0.1) is 25.2 Å². The van der Waals surface area contributed by atoms with Crippen LogP contribution in [0.15, 0.2) is 48.9 Å². The average Bonchev–Trinajstić information content (AvgIpc) is 2.79. The first-order valence-corrected chi connectivity index (χ1v) is 9.21. The number of carbonyl (C=O) groups excluding carboxylic acids is 1. The van der Waals surface area contributed by atoms with Crippen LogP contribution in [-0.4, -0.2) is 60.8 Å². The fourth-order valence-corrected chi connectivity index (χ4v) is 2.44. The Balaban J connectivity index is 1.61. The molecule has 4 radical (unpaired) electrons. The zero-order valence-corrected chi connectivity index (χ0v) is 17.0. The van der Waals surface area contributed by atoms with Gasteiger partial charge in [-0.25, -0.2) is 19.8 Å². The minimum atomic E-state index is -1.98. The van der Waals surface area contributed by atoms with Crippen LogP contribution in [0.2, 0.25) is 0 Å². The van der Waals surface area contributed by atoms with Crippen molar-refractivity contribution >= 4 is 21.6 Å². The maximum absolute atomic E-state index is 13.8. The fourth-order valence-electron chi connectivity index (χ4n) is 2.44. The fraction of sp³-hybridized carbons (Fsp3) is 0.200. The Kier molecular flexibility index (Phi) is 7.39.